The van der Waals surface area contributed by atoms with Gasteiger partial charge in [0.2, 0.25) is 0 Å². The first-order chi connectivity index (χ1) is 6.33. The number of hydrogen-bond donors (Lipinski definition) is 0. The SMILES string of the molecule is CN(CCCC#N)Cc1cccs1. The highest BCUT2D eigenvalue weighted by Gasteiger charge is 1.99. The van der Waals surface area contributed by atoms with E-state index in [0.29, 0.717) is 6.42 Å². The fourth-order valence-electron chi connectivity index (χ4n) is 1.18. The highest BCUT2D eigenvalue weighted by atomic mass is 32.1. The molecule has 0 aliphatic carbocycles. The molecule has 0 spiro atoms. The quantitative estimate of drug-likeness (QED) is 0.673. The molecule has 0 saturated heterocycles. The van der Waals surface area contributed by atoms with Gasteiger partial charge in [0.05, 0.1) is 6.07 Å². The van der Waals surface area contributed by atoms with Crippen LogP contribution in [0.1, 0.15) is 17.7 Å². The molecule has 0 aliphatic rings. The summed E-state index contributed by atoms with van der Waals surface area (Å²) in [5.41, 5.74) is 0. The van der Waals surface area contributed by atoms with Gasteiger partial charge in [-0.15, -0.1) is 11.3 Å². The zero-order valence-corrected chi connectivity index (χ0v) is 8.68. The first kappa shape index (κ1) is 10.2. The minimum absolute atomic E-state index is 0.661. The number of unbranched alkanes of at least 4 members (excludes halogenated alkanes) is 1. The fraction of sp³-hybridized carbons (Fsp3) is 0.500. The molecule has 0 bridgehead atoms. The summed E-state index contributed by atoms with van der Waals surface area (Å²) in [7, 11) is 2.09. The summed E-state index contributed by atoms with van der Waals surface area (Å²) in [6, 6.07) is 6.37. The highest BCUT2D eigenvalue weighted by Crippen LogP contribution is 2.10. The minimum atomic E-state index is 0.661. The molecule has 0 unspecified atom stereocenters. The van der Waals surface area contributed by atoms with Crippen LogP contribution in [0, 0.1) is 11.3 Å². The zero-order chi connectivity index (χ0) is 9.52. The smallest absolute Gasteiger partial charge is 0.0622 e. The minimum Gasteiger partial charge on any atom is -0.301 e. The van der Waals surface area contributed by atoms with E-state index in [4.69, 9.17) is 5.26 Å². The zero-order valence-electron chi connectivity index (χ0n) is 7.86. The average Bonchev–Trinajstić information content (AvgIpc) is 2.57. The molecule has 13 heavy (non-hydrogen) atoms. The van der Waals surface area contributed by atoms with Gasteiger partial charge < -0.3 is 4.90 Å². The van der Waals surface area contributed by atoms with Crippen molar-refractivity contribution >= 4 is 11.3 Å². The maximum Gasteiger partial charge on any atom is 0.0622 e. The van der Waals surface area contributed by atoms with Crippen LogP contribution < -0.4 is 0 Å². The van der Waals surface area contributed by atoms with Crippen LogP contribution in [0.25, 0.3) is 0 Å². The molecule has 2 nitrogen and oxygen atoms in total. The Morgan fingerprint density at radius 3 is 3.08 bits per heavy atom. The Morgan fingerprint density at radius 1 is 1.62 bits per heavy atom. The van der Waals surface area contributed by atoms with Gasteiger partial charge in [0, 0.05) is 17.8 Å². The predicted octanol–water partition coefficient (Wildman–Crippen LogP) is 2.48. The third-order valence-corrected chi connectivity index (χ3v) is 2.70. The number of thiophene rings is 1. The van der Waals surface area contributed by atoms with E-state index in [9.17, 15) is 0 Å². The van der Waals surface area contributed by atoms with E-state index in [0.717, 1.165) is 19.5 Å². The summed E-state index contributed by atoms with van der Waals surface area (Å²) < 4.78 is 0. The van der Waals surface area contributed by atoms with Crippen LogP contribution in [0.5, 0.6) is 0 Å². The fourth-order valence-corrected chi connectivity index (χ4v) is 1.96. The molecule has 0 fully saturated rings. The van der Waals surface area contributed by atoms with Gasteiger partial charge >= 0.3 is 0 Å². The van der Waals surface area contributed by atoms with Crippen molar-refractivity contribution in [1.29, 1.82) is 5.26 Å². The number of nitrogens with zero attached hydrogens (tertiary/aromatic N) is 2. The van der Waals surface area contributed by atoms with Gasteiger partial charge in [0.1, 0.15) is 0 Å². The Labute approximate surface area is 83.4 Å². The predicted molar refractivity (Wildman–Crippen MR) is 55.5 cm³/mol. The lowest BCUT2D eigenvalue weighted by molar-refractivity contribution is 0.326. The van der Waals surface area contributed by atoms with Crippen molar-refractivity contribution < 1.29 is 0 Å². The number of rotatable bonds is 5. The molecule has 0 aliphatic heterocycles. The van der Waals surface area contributed by atoms with Gasteiger partial charge in [-0.2, -0.15) is 5.26 Å². The molecule has 0 N–H and O–H groups in total. The van der Waals surface area contributed by atoms with Crippen molar-refractivity contribution in [2.45, 2.75) is 19.4 Å². The molecule has 0 aromatic carbocycles. The lowest BCUT2D eigenvalue weighted by atomic mass is 10.3. The summed E-state index contributed by atoms with van der Waals surface area (Å²) in [4.78, 5) is 3.64. The summed E-state index contributed by atoms with van der Waals surface area (Å²) in [5, 5.41) is 10.5. The molecular weight excluding hydrogens is 180 g/mol. The lowest BCUT2D eigenvalue weighted by Crippen LogP contribution is -2.18. The molecule has 3 heteroatoms. The summed E-state index contributed by atoms with van der Waals surface area (Å²) in [6.07, 6.45) is 1.63. The van der Waals surface area contributed by atoms with Crippen LogP contribution in [0.15, 0.2) is 17.5 Å². The standard InChI is InChI=1S/C10H14N2S/c1-12(7-3-2-6-11)9-10-5-4-8-13-10/h4-5,8H,2-3,7,9H2,1H3. The molecular formula is C10H14N2S. The molecule has 0 radical (unpaired) electrons. The first-order valence-electron chi connectivity index (χ1n) is 4.41. The normalized spacial score (nSPS) is 10.2. The van der Waals surface area contributed by atoms with E-state index >= 15 is 0 Å². The van der Waals surface area contributed by atoms with Gasteiger partial charge in [-0.1, -0.05) is 6.07 Å². The van der Waals surface area contributed by atoms with Crippen LogP contribution in [0.4, 0.5) is 0 Å². The van der Waals surface area contributed by atoms with E-state index < -0.39 is 0 Å². The molecule has 0 amide bonds. The van der Waals surface area contributed by atoms with Gasteiger partial charge in [-0.05, 0) is 31.5 Å². The Morgan fingerprint density at radius 2 is 2.46 bits per heavy atom. The van der Waals surface area contributed by atoms with E-state index in [1.807, 2.05) is 0 Å². The van der Waals surface area contributed by atoms with Gasteiger partial charge in [0.15, 0.2) is 0 Å². The number of nitriles is 1. The molecule has 0 atom stereocenters. The summed E-state index contributed by atoms with van der Waals surface area (Å²) in [6.45, 7) is 2.01. The molecule has 1 heterocycles. The van der Waals surface area contributed by atoms with Gasteiger partial charge in [-0.3, -0.25) is 0 Å². The maximum atomic E-state index is 8.37. The summed E-state index contributed by atoms with van der Waals surface area (Å²) >= 11 is 1.78. The second-order valence-electron chi connectivity index (χ2n) is 3.08. The molecule has 1 aromatic rings. The van der Waals surface area contributed by atoms with E-state index in [1.165, 1.54) is 4.88 Å². The van der Waals surface area contributed by atoms with Crippen molar-refractivity contribution in [1.82, 2.24) is 4.90 Å². The van der Waals surface area contributed by atoms with Crippen molar-refractivity contribution in [3.63, 3.8) is 0 Å². The molecule has 1 aromatic heterocycles. The largest absolute Gasteiger partial charge is 0.301 e. The van der Waals surface area contributed by atoms with E-state index in [2.05, 4.69) is 35.5 Å². The Hall–Kier alpha value is -0.850. The van der Waals surface area contributed by atoms with Crippen LogP contribution in [-0.4, -0.2) is 18.5 Å². The summed E-state index contributed by atoms with van der Waals surface area (Å²) in [5.74, 6) is 0. The Bertz CT molecular complexity index is 261. The maximum absolute atomic E-state index is 8.37. The van der Waals surface area contributed by atoms with Crippen molar-refractivity contribution in [3.05, 3.63) is 22.4 Å². The third-order valence-electron chi connectivity index (χ3n) is 1.83. The first-order valence-corrected chi connectivity index (χ1v) is 5.29. The monoisotopic (exact) mass is 194 g/mol. The Kier molecular flexibility index (Phi) is 4.52. The van der Waals surface area contributed by atoms with Crippen LogP contribution in [0.2, 0.25) is 0 Å². The second-order valence-corrected chi connectivity index (χ2v) is 4.11. The highest BCUT2D eigenvalue weighted by molar-refractivity contribution is 7.09. The molecule has 0 saturated carbocycles. The van der Waals surface area contributed by atoms with Gasteiger partial charge in [-0.25, -0.2) is 0 Å². The van der Waals surface area contributed by atoms with Crippen LogP contribution >= 0.6 is 11.3 Å². The van der Waals surface area contributed by atoms with Crippen LogP contribution in [-0.2, 0) is 6.54 Å². The van der Waals surface area contributed by atoms with Crippen molar-refractivity contribution in [2.24, 2.45) is 0 Å². The van der Waals surface area contributed by atoms with E-state index in [1.54, 1.807) is 11.3 Å². The van der Waals surface area contributed by atoms with Crippen molar-refractivity contribution in [2.75, 3.05) is 13.6 Å². The lowest BCUT2D eigenvalue weighted by Gasteiger charge is -2.13. The number of hydrogen-bond acceptors (Lipinski definition) is 3. The molecule has 70 valence electrons. The third kappa shape index (κ3) is 4.07. The molecule has 1 rings (SSSR count). The van der Waals surface area contributed by atoms with E-state index in [-0.39, 0.29) is 0 Å². The second kappa shape index (κ2) is 5.74. The van der Waals surface area contributed by atoms with Crippen molar-refractivity contribution in [3.8, 4) is 6.07 Å². The van der Waals surface area contributed by atoms with Gasteiger partial charge in [0.25, 0.3) is 0 Å². The topological polar surface area (TPSA) is 27.0 Å². The average molecular weight is 194 g/mol. The van der Waals surface area contributed by atoms with Crippen LogP contribution in [0.3, 0.4) is 0 Å². The Balaban J connectivity index is 2.19.